The van der Waals surface area contributed by atoms with Crippen molar-refractivity contribution < 1.29 is 5.11 Å². The van der Waals surface area contributed by atoms with Gasteiger partial charge in [-0.05, 0) is 18.4 Å². The van der Waals surface area contributed by atoms with Gasteiger partial charge in [0.05, 0.1) is 6.10 Å². The van der Waals surface area contributed by atoms with Gasteiger partial charge in [0.25, 0.3) is 0 Å². The van der Waals surface area contributed by atoms with Gasteiger partial charge < -0.3 is 5.11 Å². The van der Waals surface area contributed by atoms with E-state index in [1.165, 1.54) is 5.56 Å². The number of benzene rings is 1. The van der Waals surface area contributed by atoms with Crippen molar-refractivity contribution in [3.63, 3.8) is 0 Å². The van der Waals surface area contributed by atoms with E-state index in [2.05, 4.69) is 38.1 Å². The van der Waals surface area contributed by atoms with Crippen molar-refractivity contribution in [3.05, 3.63) is 35.9 Å². The normalized spacial score (nSPS) is 30.1. The summed E-state index contributed by atoms with van der Waals surface area (Å²) in [5, 5.41) is 10.3. The molecule has 1 aliphatic heterocycles. The van der Waals surface area contributed by atoms with Crippen LogP contribution in [0.25, 0.3) is 0 Å². The Bertz CT molecular complexity index is 321. The third-order valence-corrected chi connectivity index (χ3v) is 4.40. The molecule has 1 aromatic rings. The van der Waals surface area contributed by atoms with Gasteiger partial charge in [-0.15, -0.1) is 11.8 Å². The highest BCUT2D eigenvalue weighted by atomic mass is 32.2. The van der Waals surface area contributed by atoms with Gasteiger partial charge in [0, 0.05) is 10.00 Å². The molecule has 1 N–H and O–H groups in total. The van der Waals surface area contributed by atoms with Crippen LogP contribution in [0.3, 0.4) is 0 Å². The number of thioether (sulfide) groups is 1. The third-order valence-electron chi connectivity index (χ3n) is 2.85. The standard InChI is InChI=1S/C13H18OS/c1-13(2)9-11(14)8-12(15-13)10-6-4-3-5-7-10/h3-7,11-12,14H,8-9H2,1-2H3/t11-,12-/m0/s1. The molecular formula is C13H18OS. The van der Waals surface area contributed by atoms with Crippen LogP contribution < -0.4 is 0 Å². The summed E-state index contributed by atoms with van der Waals surface area (Å²) in [4.78, 5) is 0. The summed E-state index contributed by atoms with van der Waals surface area (Å²) in [5.74, 6) is 0. The summed E-state index contributed by atoms with van der Waals surface area (Å²) in [6.45, 7) is 4.44. The summed E-state index contributed by atoms with van der Waals surface area (Å²) in [6, 6.07) is 10.5. The van der Waals surface area contributed by atoms with Gasteiger partial charge in [-0.1, -0.05) is 44.2 Å². The molecule has 0 saturated carbocycles. The molecule has 82 valence electrons. The average Bonchev–Trinajstić information content (AvgIpc) is 2.16. The van der Waals surface area contributed by atoms with Gasteiger partial charge in [0.2, 0.25) is 0 Å². The highest BCUT2D eigenvalue weighted by molar-refractivity contribution is 8.00. The molecule has 1 aliphatic rings. The maximum Gasteiger partial charge on any atom is 0.0567 e. The van der Waals surface area contributed by atoms with Gasteiger partial charge in [0.1, 0.15) is 0 Å². The van der Waals surface area contributed by atoms with Crippen molar-refractivity contribution in [2.75, 3.05) is 0 Å². The molecule has 15 heavy (non-hydrogen) atoms. The lowest BCUT2D eigenvalue weighted by Crippen LogP contribution is -2.31. The summed E-state index contributed by atoms with van der Waals surface area (Å²) < 4.78 is 0.193. The van der Waals surface area contributed by atoms with Gasteiger partial charge in [-0.25, -0.2) is 0 Å². The van der Waals surface area contributed by atoms with E-state index in [9.17, 15) is 5.11 Å². The molecule has 1 nitrogen and oxygen atoms in total. The van der Waals surface area contributed by atoms with Crippen molar-refractivity contribution in [1.82, 2.24) is 0 Å². The zero-order valence-corrected chi connectivity index (χ0v) is 10.1. The molecule has 0 aliphatic carbocycles. The first-order chi connectivity index (χ1) is 7.07. The van der Waals surface area contributed by atoms with E-state index >= 15 is 0 Å². The summed E-state index contributed by atoms with van der Waals surface area (Å²) >= 11 is 1.99. The quantitative estimate of drug-likeness (QED) is 0.786. The first-order valence-electron chi connectivity index (χ1n) is 5.48. The molecule has 2 atom stereocenters. The maximum atomic E-state index is 9.86. The van der Waals surface area contributed by atoms with E-state index < -0.39 is 0 Å². The van der Waals surface area contributed by atoms with Gasteiger partial charge in [0.15, 0.2) is 0 Å². The number of hydrogen-bond acceptors (Lipinski definition) is 2. The van der Waals surface area contributed by atoms with Crippen molar-refractivity contribution in [3.8, 4) is 0 Å². The molecule has 2 rings (SSSR count). The Morgan fingerprint density at radius 3 is 2.53 bits per heavy atom. The predicted molar refractivity (Wildman–Crippen MR) is 66.1 cm³/mol. The van der Waals surface area contributed by atoms with E-state index in [0.717, 1.165) is 12.8 Å². The Balaban J connectivity index is 2.17. The van der Waals surface area contributed by atoms with Crippen LogP contribution in [0, 0.1) is 0 Å². The number of rotatable bonds is 1. The topological polar surface area (TPSA) is 20.2 Å². The van der Waals surface area contributed by atoms with Crippen LogP contribution in [0.2, 0.25) is 0 Å². The maximum absolute atomic E-state index is 9.86. The van der Waals surface area contributed by atoms with Gasteiger partial charge in [-0.3, -0.25) is 0 Å². The van der Waals surface area contributed by atoms with Crippen molar-refractivity contribution in [2.45, 2.75) is 42.8 Å². The summed E-state index contributed by atoms with van der Waals surface area (Å²) in [7, 11) is 0. The number of hydrogen-bond donors (Lipinski definition) is 1. The van der Waals surface area contributed by atoms with Gasteiger partial charge >= 0.3 is 0 Å². The fraction of sp³-hybridized carbons (Fsp3) is 0.538. The Labute approximate surface area is 95.9 Å². The molecule has 0 spiro atoms. The van der Waals surface area contributed by atoms with Crippen molar-refractivity contribution in [1.29, 1.82) is 0 Å². The van der Waals surface area contributed by atoms with E-state index in [-0.39, 0.29) is 10.9 Å². The van der Waals surface area contributed by atoms with E-state index in [0.29, 0.717) is 5.25 Å². The fourth-order valence-electron chi connectivity index (χ4n) is 2.25. The average molecular weight is 222 g/mol. The molecule has 0 radical (unpaired) electrons. The van der Waals surface area contributed by atoms with Crippen molar-refractivity contribution >= 4 is 11.8 Å². The minimum atomic E-state index is -0.147. The summed E-state index contributed by atoms with van der Waals surface area (Å²) in [6.07, 6.45) is 1.64. The zero-order chi connectivity index (χ0) is 10.9. The van der Waals surface area contributed by atoms with E-state index in [1.54, 1.807) is 0 Å². The largest absolute Gasteiger partial charge is 0.393 e. The summed E-state index contributed by atoms with van der Waals surface area (Å²) in [5.41, 5.74) is 1.34. The monoisotopic (exact) mass is 222 g/mol. The molecule has 1 aromatic carbocycles. The van der Waals surface area contributed by atoms with Crippen LogP contribution >= 0.6 is 11.8 Å². The van der Waals surface area contributed by atoms with Crippen LogP contribution in [0.15, 0.2) is 30.3 Å². The highest BCUT2D eigenvalue weighted by Crippen LogP contribution is 2.48. The predicted octanol–water partition coefficient (Wildman–Crippen LogP) is 3.39. The fourth-order valence-corrected chi connectivity index (χ4v) is 3.92. The molecule has 1 saturated heterocycles. The first kappa shape index (κ1) is 11.0. The second-order valence-electron chi connectivity index (χ2n) is 4.87. The van der Waals surface area contributed by atoms with Crippen LogP contribution in [-0.4, -0.2) is 16.0 Å². The smallest absolute Gasteiger partial charge is 0.0567 e. The lowest BCUT2D eigenvalue weighted by molar-refractivity contribution is 0.138. The minimum absolute atomic E-state index is 0.147. The first-order valence-corrected chi connectivity index (χ1v) is 6.36. The van der Waals surface area contributed by atoms with Crippen LogP contribution in [0.1, 0.15) is 37.5 Å². The van der Waals surface area contributed by atoms with Crippen LogP contribution in [0.4, 0.5) is 0 Å². The third kappa shape index (κ3) is 2.76. The molecule has 0 aromatic heterocycles. The second-order valence-corrected chi connectivity index (χ2v) is 6.78. The lowest BCUT2D eigenvalue weighted by Gasteiger charge is -2.37. The molecule has 1 heterocycles. The van der Waals surface area contributed by atoms with Crippen molar-refractivity contribution in [2.24, 2.45) is 0 Å². The second kappa shape index (κ2) is 4.18. The molecule has 1 fully saturated rings. The Kier molecular flexibility index (Phi) is 3.08. The molecule has 0 amide bonds. The molecule has 0 unspecified atom stereocenters. The number of aliphatic hydroxyl groups is 1. The van der Waals surface area contributed by atoms with E-state index in [1.807, 2.05) is 17.8 Å². The lowest BCUT2D eigenvalue weighted by atomic mass is 9.97. The van der Waals surface area contributed by atoms with E-state index in [4.69, 9.17) is 0 Å². The zero-order valence-electron chi connectivity index (χ0n) is 9.31. The van der Waals surface area contributed by atoms with Crippen LogP contribution in [0.5, 0.6) is 0 Å². The minimum Gasteiger partial charge on any atom is -0.393 e. The highest BCUT2D eigenvalue weighted by Gasteiger charge is 2.34. The number of aliphatic hydroxyl groups excluding tert-OH is 1. The Hall–Kier alpha value is -0.470. The Morgan fingerprint density at radius 1 is 1.27 bits per heavy atom. The molecule has 2 heteroatoms. The Morgan fingerprint density at radius 2 is 1.93 bits per heavy atom. The van der Waals surface area contributed by atoms with Gasteiger partial charge in [-0.2, -0.15) is 0 Å². The van der Waals surface area contributed by atoms with Crippen LogP contribution in [-0.2, 0) is 0 Å². The molecular weight excluding hydrogens is 204 g/mol. The molecule has 0 bridgehead atoms. The SMILES string of the molecule is CC1(C)C[C@@H](O)C[C@@H](c2ccccc2)S1.